The Labute approximate surface area is 143 Å². The maximum atomic E-state index is 12.8. The van der Waals surface area contributed by atoms with E-state index in [0.29, 0.717) is 24.1 Å². The van der Waals surface area contributed by atoms with E-state index in [2.05, 4.69) is 15.3 Å². The summed E-state index contributed by atoms with van der Waals surface area (Å²) in [6.07, 6.45) is 8.09. The van der Waals surface area contributed by atoms with E-state index in [1.54, 1.807) is 17.3 Å². The van der Waals surface area contributed by atoms with E-state index < -0.39 is 0 Å². The number of aromatic nitrogens is 2. The Morgan fingerprint density at radius 2 is 1.96 bits per heavy atom. The summed E-state index contributed by atoms with van der Waals surface area (Å²) in [7, 11) is 0. The Kier molecular flexibility index (Phi) is 5.08. The van der Waals surface area contributed by atoms with E-state index in [1.165, 1.54) is 25.7 Å². The third-order valence-corrected chi connectivity index (χ3v) is 4.46. The maximum Gasteiger partial charge on any atom is 0.261 e. The van der Waals surface area contributed by atoms with E-state index in [9.17, 15) is 4.79 Å². The first-order valence-electron chi connectivity index (χ1n) is 8.64. The molecule has 1 saturated carbocycles. The fraction of sp³-hybridized carbons (Fsp3) is 0.421. The monoisotopic (exact) mass is 324 g/mol. The molecule has 126 valence electrons. The molecule has 0 aliphatic heterocycles. The number of hydrogen-bond acceptors (Lipinski definition) is 4. The van der Waals surface area contributed by atoms with Crippen LogP contribution in [0.15, 0.2) is 36.7 Å². The van der Waals surface area contributed by atoms with Crippen molar-refractivity contribution in [3.63, 3.8) is 0 Å². The highest BCUT2D eigenvalue weighted by molar-refractivity contribution is 6.05. The van der Waals surface area contributed by atoms with Gasteiger partial charge in [0.25, 0.3) is 5.91 Å². The van der Waals surface area contributed by atoms with E-state index in [-0.39, 0.29) is 5.91 Å². The summed E-state index contributed by atoms with van der Waals surface area (Å²) < 4.78 is 0. The van der Waals surface area contributed by atoms with Gasteiger partial charge in [-0.1, -0.05) is 25.0 Å². The van der Waals surface area contributed by atoms with Crippen LogP contribution in [0.3, 0.4) is 0 Å². The number of nitrogens with one attached hydrogen (secondary N) is 1. The zero-order valence-corrected chi connectivity index (χ0v) is 14.3. The molecule has 0 atom stereocenters. The third-order valence-electron chi connectivity index (χ3n) is 4.46. The molecule has 0 bridgehead atoms. The normalized spacial score (nSPS) is 14.6. The fourth-order valence-electron chi connectivity index (χ4n) is 3.16. The molecule has 1 aliphatic rings. The molecule has 24 heavy (non-hydrogen) atoms. The molecule has 1 aromatic carbocycles. The van der Waals surface area contributed by atoms with Crippen LogP contribution in [-0.4, -0.2) is 28.5 Å². The summed E-state index contributed by atoms with van der Waals surface area (Å²) in [4.78, 5) is 23.2. The summed E-state index contributed by atoms with van der Waals surface area (Å²) in [5, 5.41) is 3.34. The molecule has 2 aromatic rings. The van der Waals surface area contributed by atoms with Crippen molar-refractivity contribution in [2.45, 2.75) is 45.6 Å². The van der Waals surface area contributed by atoms with Gasteiger partial charge in [0.05, 0.1) is 5.56 Å². The Morgan fingerprint density at radius 3 is 2.58 bits per heavy atom. The van der Waals surface area contributed by atoms with Gasteiger partial charge in [0.15, 0.2) is 0 Å². The van der Waals surface area contributed by atoms with Crippen LogP contribution < -0.4 is 10.2 Å². The fourth-order valence-corrected chi connectivity index (χ4v) is 3.16. The van der Waals surface area contributed by atoms with Gasteiger partial charge in [-0.2, -0.15) is 0 Å². The lowest BCUT2D eigenvalue weighted by Gasteiger charge is -2.21. The first-order chi connectivity index (χ1) is 11.7. The predicted molar refractivity (Wildman–Crippen MR) is 96.4 cm³/mol. The number of aryl methyl sites for hydroxylation is 1. The van der Waals surface area contributed by atoms with Gasteiger partial charge in [0.1, 0.15) is 0 Å². The number of carbonyl (C=O) groups is 1. The molecule has 1 fully saturated rings. The highest BCUT2D eigenvalue weighted by Gasteiger charge is 2.18. The second-order valence-corrected chi connectivity index (χ2v) is 6.31. The largest absolute Gasteiger partial charge is 0.351 e. The Hall–Kier alpha value is -2.43. The lowest BCUT2D eigenvalue weighted by Crippen LogP contribution is -2.31. The molecule has 1 heterocycles. The molecule has 0 spiro atoms. The van der Waals surface area contributed by atoms with Gasteiger partial charge in [-0.3, -0.25) is 4.79 Å². The Balaban J connectivity index is 1.73. The van der Waals surface area contributed by atoms with Crippen LogP contribution in [0, 0.1) is 6.92 Å². The van der Waals surface area contributed by atoms with Crippen molar-refractivity contribution < 1.29 is 4.79 Å². The van der Waals surface area contributed by atoms with Crippen LogP contribution in [-0.2, 0) is 0 Å². The van der Waals surface area contributed by atoms with E-state index in [4.69, 9.17) is 0 Å². The van der Waals surface area contributed by atoms with E-state index in [1.807, 2.05) is 38.1 Å². The van der Waals surface area contributed by atoms with Gasteiger partial charge in [0, 0.05) is 30.7 Å². The molecule has 0 saturated heterocycles. The molecule has 1 amide bonds. The molecule has 3 rings (SSSR count). The van der Waals surface area contributed by atoms with Crippen molar-refractivity contribution in [2.75, 3.05) is 16.8 Å². The Morgan fingerprint density at radius 1 is 1.25 bits per heavy atom. The van der Waals surface area contributed by atoms with Gasteiger partial charge < -0.3 is 10.2 Å². The molecule has 1 N–H and O–H groups in total. The summed E-state index contributed by atoms with van der Waals surface area (Å²) in [5.41, 5.74) is 2.54. The van der Waals surface area contributed by atoms with Gasteiger partial charge in [-0.25, -0.2) is 9.97 Å². The predicted octanol–water partition coefficient (Wildman–Crippen LogP) is 3.81. The van der Waals surface area contributed by atoms with E-state index in [0.717, 1.165) is 11.3 Å². The first-order valence-corrected chi connectivity index (χ1v) is 8.64. The molecular weight excluding hydrogens is 300 g/mol. The number of benzene rings is 1. The maximum absolute atomic E-state index is 12.8. The zero-order valence-electron chi connectivity index (χ0n) is 14.3. The molecule has 1 aromatic heterocycles. The van der Waals surface area contributed by atoms with Crippen molar-refractivity contribution in [1.29, 1.82) is 0 Å². The molecular formula is C19H24N4O. The van der Waals surface area contributed by atoms with Crippen molar-refractivity contribution in [1.82, 2.24) is 9.97 Å². The van der Waals surface area contributed by atoms with Crippen LogP contribution in [0.4, 0.5) is 11.6 Å². The zero-order chi connectivity index (χ0) is 16.9. The molecule has 0 unspecified atom stereocenters. The summed E-state index contributed by atoms with van der Waals surface area (Å²) >= 11 is 0. The van der Waals surface area contributed by atoms with Gasteiger partial charge >= 0.3 is 0 Å². The van der Waals surface area contributed by atoms with Gasteiger partial charge in [-0.15, -0.1) is 0 Å². The summed E-state index contributed by atoms with van der Waals surface area (Å²) in [6.45, 7) is 4.59. The van der Waals surface area contributed by atoms with Crippen molar-refractivity contribution >= 4 is 17.5 Å². The van der Waals surface area contributed by atoms with Gasteiger partial charge in [0.2, 0.25) is 5.95 Å². The number of carbonyl (C=O) groups excluding carboxylic acids is 1. The second-order valence-electron chi connectivity index (χ2n) is 6.31. The highest BCUT2D eigenvalue weighted by Crippen LogP contribution is 2.21. The third kappa shape index (κ3) is 3.72. The van der Waals surface area contributed by atoms with Crippen molar-refractivity contribution in [2.24, 2.45) is 0 Å². The minimum Gasteiger partial charge on any atom is -0.351 e. The smallest absolute Gasteiger partial charge is 0.261 e. The average Bonchev–Trinajstić information content (AvgIpc) is 3.09. The number of rotatable bonds is 5. The molecule has 0 radical (unpaired) electrons. The van der Waals surface area contributed by atoms with Crippen LogP contribution >= 0.6 is 0 Å². The quantitative estimate of drug-likeness (QED) is 0.908. The standard InChI is InChI=1S/C19H24N4O/c1-3-23(17-10-6-7-14(2)11-17)18(24)15-12-20-19(21-13-15)22-16-8-4-5-9-16/h6-7,10-13,16H,3-5,8-9H2,1-2H3,(H,20,21,22). The summed E-state index contributed by atoms with van der Waals surface area (Å²) in [5.74, 6) is 0.535. The van der Waals surface area contributed by atoms with Crippen LogP contribution in [0.25, 0.3) is 0 Å². The lowest BCUT2D eigenvalue weighted by atomic mass is 10.2. The number of nitrogens with zero attached hydrogens (tertiary/aromatic N) is 3. The second kappa shape index (κ2) is 7.43. The number of hydrogen-bond donors (Lipinski definition) is 1. The summed E-state index contributed by atoms with van der Waals surface area (Å²) in [6, 6.07) is 8.41. The van der Waals surface area contributed by atoms with Crippen LogP contribution in [0.1, 0.15) is 48.5 Å². The Bertz CT molecular complexity index is 693. The van der Waals surface area contributed by atoms with Crippen molar-refractivity contribution in [3.8, 4) is 0 Å². The number of anilines is 2. The van der Waals surface area contributed by atoms with Crippen molar-refractivity contribution in [3.05, 3.63) is 47.8 Å². The average molecular weight is 324 g/mol. The van der Waals surface area contributed by atoms with Crippen LogP contribution in [0.2, 0.25) is 0 Å². The SMILES string of the molecule is CCN(C(=O)c1cnc(NC2CCCC2)nc1)c1cccc(C)c1. The van der Waals surface area contributed by atoms with Crippen LogP contribution in [0.5, 0.6) is 0 Å². The first kappa shape index (κ1) is 16.4. The minimum absolute atomic E-state index is 0.0736. The van der Waals surface area contributed by atoms with Gasteiger partial charge in [-0.05, 0) is 44.4 Å². The number of amides is 1. The molecule has 5 nitrogen and oxygen atoms in total. The minimum atomic E-state index is -0.0736. The molecule has 1 aliphatic carbocycles. The lowest BCUT2D eigenvalue weighted by molar-refractivity contribution is 0.0987. The topological polar surface area (TPSA) is 58.1 Å². The highest BCUT2D eigenvalue weighted by atomic mass is 16.2. The molecule has 5 heteroatoms. The van der Waals surface area contributed by atoms with E-state index >= 15 is 0 Å².